The van der Waals surface area contributed by atoms with Gasteiger partial charge in [-0.25, -0.2) is 0 Å². The van der Waals surface area contributed by atoms with Crippen molar-refractivity contribution in [3.8, 4) is 0 Å². The Hall–Kier alpha value is -2.21. The third-order valence-electron chi connectivity index (χ3n) is 6.17. The maximum atomic E-state index is 12.7. The van der Waals surface area contributed by atoms with E-state index >= 15 is 0 Å². The van der Waals surface area contributed by atoms with E-state index in [-0.39, 0.29) is 0 Å². The molecule has 0 aromatic heterocycles. The second-order valence-electron chi connectivity index (χ2n) is 8.09. The summed E-state index contributed by atoms with van der Waals surface area (Å²) in [6, 6.07) is 14.2. The van der Waals surface area contributed by atoms with Gasteiger partial charge in [-0.1, -0.05) is 12.1 Å². The number of alkyl halides is 3. The van der Waals surface area contributed by atoms with Gasteiger partial charge >= 0.3 is 6.18 Å². The zero-order chi connectivity index (χ0) is 19.8. The number of anilines is 2. The Morgan fingerprint density at radius 1 is 0.821 bits per heavy atom. The smallest absolute Gasteiger partial charge is 0.371 e. The summed E-state index contributed by atoms with van der Waals surface area (Å²) in [4.78, 5) is 4.62. The van der Waals surface area contributed by atoms with Crippen LogP contribution in [0.15, 0.2) is 48.5 Å². The molecule has 2 aliphatic rings. The molecule has 2 aromatic rings. The number of benzene rings is 2. The number of nitrogens with two attached hydrogens (primary N) is 1. The van der Waals surface area contributed by atoms with E-state index in [1.54, 1.807) is 12.1 Å². The van der Waals surface area contributed by atoms with Crippen LogP contribution in [0.25, 0.3) is 0 Å². The van der Waals surface area contributed by atoms with Crippen molar-refractivity contribution in [1.29, 1.82) is 0 Å². The summed E-state index contributed by atoms with van der Waals surface area (Å²) in [5.74, 6) is 0. The molecule has 150 valence electrons. The molecule has 2 aromatic carbocycles. The summed E-state index contributed by atoms with van der Waals surface area (Å²) >= 11 is 0. The SMILES string of the molecule is NCCc1ccc(N2CCC3(CC2)CN(c2ccc(C(F)(F)F)cc2)C3)cc1. The van der Waals surface area contributed by atoms with E-state index in [1.807, 2.05) is 0 Å². The van der Waals surface area contributed by atoms with Gasteiger partial charge in [0.25, 0.3) is 0 Å². The van der Waals surface area contributed by atoms with Crippen LogP contribution in [0.3, 0.4) is 0 Å². The lowest BCUT2D eigenvalue weighted by molar-refractivity contribution is -0.137. The molecule has 3 nitrogen and oxygen atoms in total. The fourth-order valence-corrected chi connectivity index (χ4v) is 4.40. The second kappa shape index (κ2) is 7.32. The molecule has 2 aliphatic heterocycles. The van der Waals surface area contributed by atoms with E-state index in [2.05, 4.69) is 34.1 Å². The Balaban J connectivity index is 1.31. The Labute approximate surface area is 163 Å². The highest BCUT2D eigenvalue weighted by atomic mass is 19.4. The lowest BCUT2D eigenvalue weighted by Gasteiger charge is -2.55. The Morgan fingerprint density at radius 2 is 1.36 bits per heavy atom. The molecule has 4 rings (SSSR count). The van der Waals surface area contributed by atoms with Gasteiger partial charge < -0.3 is 15.5 Å². The van der Waals surface area contributed by atoms with Crippen molar-refractivity contribution in [2.45, 2.75) is 25.4 Å². The van der Waals surface area contributed by atoms with Crippen LogP contribution in [0.4, 0.5) is 24.5 Å². The molecule has 0 bridgehead atoms. The lowest BCUT2D eigenvalue weighted by atomic mass is 9.71. The van der Waals surface area contributed by atoms with Gasteiger partial charge in [0.1, 0.15) is 0 Å². The molecule has 0 aliphatic carbocycles. The van der Waals surface area contributed by atoms with Gasteiger partial charge in [-0.05, 0) is 67.8 Å². The second-order valence-corrected chi connectivity index (χ2v) is 8.09. The maximum absolute atomic E-state index is 12.7. The van der Waals surface area contributed by atoms with Crippen molar-refractivity contribution in [3.05, 3.63) is 59.7 Å². The highest BCUT2D eigenvalue weighted by Gasteiger charge is 2.45. The first kappa shape index (κ1) is 19.1. The molecule has 0 atom stereocenters. The Kier molecular flexibility index (Phi) is 5.00. The Morgan fingerprint density at radius 3 is 1.89 bits per heavy atom. The standard InChI is InChI=1S/C22H26F3N3/c23-22(24,25)18-3-7-20(8-4-18)28-15-21(16-28)10-13-27(14-11-21)19-5-1-17(2-6-19)9-12-26/h1-8H,9-16,26H2. The molecule has 0 radical (unpaired) electrons. The number of halogens is 3. The van der Waals surface area contributed by atoms with Crippen molar-refractivity contribution in [1.82, 2.24) is 0 Å². The number of hydrogen-bond donors (Lipinski definition) is 1. The van der Waals surface area contributed by atoms with Gasteiger partial charge in [0.2, 0.25) is 0 Å². The average Bonchev–Trinajstić information content (AvgIpc) is 2.67. The number of rotatable bonds is 4. The quantitative estimate of drug-likeness (QED) is 0.846. The summed E-state index contributed by atoms with van der Waals surface area (Å²) in [6.07, 6.45) is -1.13. The van der Waals surface area contributed by atoms with E-state index in [0.29, 0.717) is 12.0 Å². The van der Waals surface area contributed by atoms with Crippen LogP contribution >= 0.6 is 0 Å². The number of nitrogens with zero attached hydrogens (tertiary/aromatic N) is 2. The molecule has 2 fully saturated rings. The summed E-state index contributed by atoms with van der Waals surface area (Å²) in [5.41, 5.74) is 8.74. The predicted molar refractivity (Wildman–Crippen MR) is 107 cm³/mol. The maximum Gasteiger partial charge on any atom is 0.416 e. The minimum Gasteiger partial charge on any atom is -0.371 e. The van der Waals surface area contributed by atoms with Crippen molar-refractivity contribution < 1.29 is 13.2 Å². The topological polar surface area (TPSA) is 32.5 Å². The van der Waals surface area contributed by atoms with Gasteiger partial charge in [0, 0.05) is 43.0 Å². The molecule has 1 spiro atoms. The first-order valence-electron chi connectivity index (χ1n) is 9.85. The van der Waals surface area contributed by atoms with E-state index in [9.17, 15) is 13.2 Å². The molecular weight excluding hydrogens is 363 g/mol. The summed E-state index contributed by atoms with van der Waals surface area (Å²) in [7, 11) is 0. The predicted octanol–water partition coefficient (Wildman–Crippen LogP) is 4.31. The molecule has 2 N–H and O–H groups in total. The van der Waals surface area contributed by atoms with Gasteiger partial charge in [0.05, 0.1) is 5.56 Å². The fourth-order valence-electron chi connectivity index (χ4n) is 4.40. The van der Waals surface area contributed by atoms with Crippen LogP contribution in [0, 0.1) is 5.41 Å². The van der Waals surface area contributed by atoms with Crippen LogP contribution in [-0.2, 0) is 12.6 Å². The zero-order valence-electron chi connectivity index (χ0n) is 15.9. The molecule has 2 saturated heterocycles. The van der Waals surface area contributed by atoms with Crippen LogP contribution in [-0.4, -0.2) is 32.7 Å². The number of piperidine rings is 1. The molecule has 0 unspecified atom stereocenters. The van der Waals surface area contributed by atoms with E-state index in [4.69, 9.17) is 5.73 Å². The van der Waals surface area contributed by atoms with E-state index in [0.717, 1.165) is 51.1 Å². The average molecular weight is 389 g/mol. The minimum atomic E-state index is -4.27. The van der Waals surface area contributed by atoms with Crippen molar-refractivity contribution in [2.24, 2.45) is 11.1 Å². The van der Waals surface area contributed by atoms with Crippen LogP contribution < -0.4 is 15.5 Å². The van der Waals surface area contributed by atoms with Crippen molar-refractivity contribution in [2.75, 3.05) is 42.5 Å². The van der Waals surface area contributed by atoms with Gasteiger partial charge in [-0.3, -0.25) is 0 Å². The number of hydrogen-bond acceptors (Lipinski definition) is 3. The summed E-state index contributed by atoms with van der Waals surface area (Å²) in [5, 5.41) is 0. The van der Waals surface area contributed by atoms with Gasteiger partial charge in [-0.2, -0.15) is 13.2 Å². The molecular formula is C22H26F3N3. The summed E-state index contributed by atoms with van der Waals surface area (Å²) in [6.45, 7) is 4.58. The molecule has 6 heteroatoms. The van der Waals surface area contributed by atoms with Crippen LogP contribution in [0.2, 0.25) is 0 Å². The van der Waals surface area contributed by atoms with E-state index in [1.165, 1.54) is 23.4 Å². The first-order valence-corrected chi connectivity index (χ1v) is 9.85. The van der Waals surface area contributed by atoms with Crippen molar-refractivity contribution >= 4 is 11.4 Å². The van der Waals surface area contributed by atoms with E-state index < -0.39 is 11.7 Å². The molecule has 0 amide bonds. The third-order valence-corrected chi connectivity index (χ3v) is 6.17. The van der Waals surface area contributed by atoms with Gasteiger partial charge in [0.15, 0.2) is 0 Å². The summed E-state index contributed by atoms with van der Waals surface area (Å²) < 4.78 is 38.1. The normalized spacial score (nSPS) is 19.0. The highest BCUT2D eigenvalue weighted by molar-refractivity contribution is 5.52. The third kappa shape index (κ3) is 3.83. The minimum absolute atomic E-state index is 0.304. The van der Waals surface area contributed by atoms with Crippen LogP contribution in [0.1, 0.15) is 24.0 Å². The molecule has 0 saturated carbocycles. The van der Waals surface area contributed by atoms with Crippen LogP contribution in [0.5, 0.6) is 0 Å². The molecule has 28 heavy (non-hydrogen) atoms. The largest absolute Gasteiger partial charge is 0.416 e. The highest BCUT2D eigenvalue weighted by Crippen LogP contribution is 2.43. The Bertz CT molecular complexity index is 783. The molecule has 2 heterocycles. The first-order chi connectivity index (χ1) is 13.4. The fraction of sp³-hybridized carbons (Fsp3) is 0.455. The van der Waals surface area contributed by atoms with Crippen molar-refractivity contribution in [3.63, 3.8) is 0 Å². The zero-order valence-corrected chi connectivity index (χ0v) is 15.9. The monoisotopic (exact) mass is 389 g/mol. The van der Waals surface area contributed by atoms with Gasteiger partial charge in [-0.15, -0.1) is 0 Å². The lowest BCUT2D eigenvalue weighted by Crippen LogP contribution is -2.60.